The molecule has 14 heteroatoms. The van der Waals surface area contributed by atoms with Gasteiger partial charge in [-0.05, 0) is 58.3 Å². The molecule has 0 radical (unpaired) electrons. The van der Waals surface area contributed by atoms with Crippen LogP contribution < -0.4 is 20.9 Å². The van der Waals surface area contributed by atoms with Gasteiger partial charge in [-0.2, -0.15) is 0 Å². The predicted octanol–water partition coefficient (Wildman–Crippen LogP) is 6.89. The van der Waals surface area contributed by atoms with Crippen LogP contribution >= 0.6 is 79.3 Å². The molecule has 8 nitrogen and oxygen atoms in total. The number of carbonyl (C=O) groups excluding carboxylic acids is 1. The Hall–Kier alpha value is -2.31. The third kappa shape index (κ3) is 6.76. The molecule has 2 atom stereocenters. The van der Waals surface area contributed by atoms with Gasteiger partial charge in [-0.25, -0.2) is 0 Å². The molecule has 0 aliphatic rings. The van der Waals surface area contributed by atoms with Crippen molar-refractivity contribution in [3.8, 4) is 50.5 Å². The van der Waals surface area contributed by atoms with Gasteiger partial charge in [-0.15, -0.1) is 56.7 Å². The molecule has 0 unspecified atom stereocenters. The normalized spacial score (nSPS) is 12.7. The first-order chi connectivity index (χ1) is 19.3. The molecule has 40 heavy (non-hydrogen) atoms. The minimum absolute atomic E-state index is 0.0142. The minimum atomic E-state index is -1.13. The molecular formula is C26H21IN2O6S5. The van der Waals surface area contributed by atoms with E-state index in [2.05, 4.69) is 40.8 Å². The largest absolute Gasteiger partial charge is 0.490 e. The summed E-state index contributed by atoms with van der Waals surface area (Å²) in [5.74, 6) is 0.122. The average molecular weight is 745 g/mol. The molecule has 5 aromatic rings. The molecule has 0 amide bonds. The highest BCUT2D eigenvalue weighted by Crippen LogP contribution is 2.51. The van der Waals surface area contributed by atoms with E-state index in [1.165, 1.54) is 2.88 Å². The minimum Gasteiger partial charge on any atom is -0.490 e. The second kappa shape index (κ2) is 13.1. The van der Waals surface area contributed by atoms with Crippen molar-refractivity contribution in [1.82, 2.24) is 0 Å². The zero-order valence-corrected chi connectivity index (χ0v) is 26.6. The van der Waals surface area contributed by atoms with Crippen molar-refractivity contribution in [3.05, 3.63) is 56.8 Å². The van der Waals surface area contributed by atoms with Crippen molar-refractivity contribution in [1.29, 1.82) is 0 Å². The molecule has 0 aromatic carbocycles. The summed E-state index contributed by atoms with van der Waals surface area (Å²) in [6.45, 7) is 0.176. The van der Waals surface area contributed by atoms with Crippen LogP contribution in [-0.4, -0.2) is 43.0 Å². The number of hydrogen-bond acceptors (Lipinski definition) is 12. The number of rotatable bonds is 13. The predicted molar refractivity (Wildman–Crippen MR) is 172 cm³/mol. The van der Waals surface area contributed by atoms with Crippen molar-refractivity contribution >= 4 is 91.7 Å². The van der Waals surface area contributed by atoms with E-state index in [9.17, 15) is 14.7 Å². The average Bonchev–Trinajstić information content (AvgIpc) is 3.75. The summed E-state index contributed by atoms with van der Waals surface area (Å²) < 4.78 is 17.9. The van der Waals surface area contributed by atoms with Crippen LogP contribution in [0.5, 0.6) is 11.5 Å². The van der Waals surface area contributed by atoms with E-state index in [1.807, 2.05) is 35.7 Å². The Bertz CT molecular complexity index is 1600. The van der Waals surface area contributed by atoms with Crippen LogP contribution in [0, 0.1) is 2.88 Å². The SMILES string of the molecule is N[C@H](COc1cc(-c2cccs2)sc1-c1ccc(-c2sc(-c3ccc(I)s3)cc2OC[C@H](N)C(=O)O)s1)OC=O. The second-order valence-electron chi connectivity index (χ2n) is 8.19. The maximum absolute atomic E-state index is 11.3. The monoisotopic (exact) mass is 744 g/mol. The fraction of sp³-hybridized carbons (Fsp3) is 0.154. The lowest BCUT2D eigenvalue weighted by Crippen LogP contribution is -2.36. The topological polar surface area (TPSA) is 134 Å². The number of aliphatic carboxylic acids is 1. The number of carboxylic acid groups (broad SMARTS) is 1. The molecule has 0 spiro atoms. The Morgan fingerprint density at radius 1 is 0.850 bits per heavy atom. The third-order valence-electron chi connectivity index (χ3n) is 5.40. The maximum atomic E-state index is 11.3. The number of carbonyl (C=O) groups is 2. The Morgan fingerprint density at radius 2 is 1.48 bits per heavy atom. The van der Waals surface area contributed by atoms with Crippen LogP contribution in [0.2, 0.25) is 0 Å². The number of thiophene rings is 5. The highest BCUT2D eigenvalue weighted by Gasteiger charge is 2.22. The Kier molecular flexibility index (Phi) is 9.57. The lowest BCUT2D eigenvalue weighted by molar-refractivity contribution is -0.139. The molecule has 0 aliphatic carbocycles. The van der Waals surface area contributed by atoms with Gasteiger partial charge in [-0.1, -0.05) is 6.07 Å². The van der Waals surface area contributed by atoms with Gasteiger partial charge in [0.25, 0.3) is 6.47 Å². The van der Waals surface area contributed by atoms with E-state index in [4.69, 9.17) is 25.7 Å². The molecule has 0 fully saturated rings. The zero-order chi connectivity index (χ0) is 28.2. The van der Waals surface area contributed by atoms with E-state index in [-0.39, 0.29) is 13.2 Å². The first-order valence-electron chi connectivity index (χ1n) is 11.6. The summed E-state index contributed by atoms with van der Waals surface area (Å²) in [5, 5.41) is 11.2. The van der Waals surface area contributed by atoms with E-state index < -0.39 is 18.2 Å². The van der Waals surface area contributed by atoms with Crippen molar-refractivity contribution in [3.63, 3.8) is 0 Å². The van der Waals surface area contributed by atoms with Gasteiger partial charge in [-0.3, -0.25) is 15.3 Å². The Balaban J connectivity index is 1.49. The molecule has 5 aromatic heterocycles. The lowest BCUT2D eigenvalue weighted by Gasteiger charge is -2.11. The van der Waals surface area contributed by atoms with Crippen molar-refractivity contribution in [2.45, 2.75) is 12.3 Å². The van der Waals surface area contributed by atoms with E-state index in [0.717, 1.165) is 39.0 Å². The van der Waals surface area contributed by atoms with Gasteiger partial charge in [0.15, 0.2) is 6.23 Å². The first-order valence-corrected chi connectivity index (χ1v) is 16.8. The molecule has 0 bridgehead atoms. The highest BCUT2D eigenvalue weighted by molar-refractivity contribution is 14.1. The summed E-state index contributed by atoms with van der Waals surface area (Å²) in [7, 11) is 0. The smallest absolute Gasteiger partial charge is 0.324 e. The molecule has 0 saturated carbocycles. The molecule has 5 N–H and O–H groups in total. The van der Waals surface area contributed by atoms with Crippen LogP contribution in [0.25, 0.3) is 39.0 Å². The summed E-state index contributed by atoms with van der Waals surface area (Å²) >= 11 is 10.4. The van der Waals surface area contributed by atoms with E-state index in [1.54, 1.807) is 56.7 Å². The Labute approximate surface area is 262 Å². The van der Waals surface area contributed by atoms with Crippen LogP contribution in [0.1, 0.15) is 0 Å². The molecule has 0 aliphatic heterocycles. The van der Waals surface area contributed by atoms with Crippen molar-refractivity contribution in [2.75, 3.05) is 13.2 Å². The van der Waals surface area contributed by atoms with Crippen LogP contribution in [0.3, 0.4) is 0 Å². The van der Waals surface area contributed by atoms with Gasteiger partial charge >= 0.3 is 5.97 Å². The van der Waals surface area contributed by atoms with Crippen LogP contribution in [0.4, 0.5) is 0 Å². The quantitative estimate of drug-likeness (QED) is 0.0675. The molecule has 208 valence electrons. The summed E-state index contributed by atoms with van der Waals surface area (Å²) in [6.07, 6.45) is -0.879. The number of ether oxygens (including phenoxy) is 3. The molecule has 5 rings (SSSR count). The van der Waals surface area contributed by atoms with E-state index in [0.29, 0.717) is 18.0 Å². The van der Waals surface area contributed by atoms with E-state index >= 15 is 0 Å². The fourth-order valence-corrected chi connectivity index (χ4v) is 9.50. The Morgan fingerprint density at radius 3 is 2.02 bits per heavy atom. The van der Waals surface area contributed by atoms with Gasteiger partial charge in [0.05, 0.1) is 12.6 Å². The van der Waals surface area contributed by atoms with Crippen LogP contribution in [0.15, 0.2) is 53.9 Å². The second-order valence-corrected chi connectivity index (χ2v) is 15.3. The zero-order valence-electron chi connectivity index (χ0n) is 20.4. The standard InChI is InChI=1S/C26H21IN2O6S5/c27-22-6-5-17(38-22)21-9-14(33-10-13(28)26(31)32)24(40-21)18-3-4-19(37-18)25-15(34-11-23(29)35-12-30)8-20(39-25)16-2-1-7-36-16/h1-9,12-13,23H,10-11,28-29H2,(H,31,32)/t13-,23-/m0/s1. The maximum Gasteiger partial charge on any atom is 0.324 e. The summed E-state index contributed by atoms with van der Waals surface area (Å²) in [5.41, 5.74) is 11.5. The summed E-state index contributed by atoms with van der Waals surface area (Å²) in [6, 6.07) is 15.0. The number of hydrogen-bond donors (Lipinski definition) is 3. The van der Waals surface area contributed by atoms with Gasteiger partial charge in [0, 0.05) is 41.4 Å². The molecule has 0 saturated heterocycles. The van der Waals surface area contributed by atoms with Crippen molar-refractivity contribution in [2.24, 2.45) is 11.5 Å². The number of nitrogens with two attached hydrogens (primary N) is 2. The summed E-state index contributed by atoms with van der Waals surface area (Å²) in [4.78, 5) is 30.0. The van der Waals surface area contributed by atoms with Gasteiger partial charge in [0.1, 0.15) is 30.8 Å². The van der Waals surface area contributed by atoms with Gasteiger partial charge < -0.3 is 25.1 Å². The molecular weight excluding hydrogens is 724 g/mol. The third-order valence-corrected chi connectivity index (χ3v) is 12.2. The first kappa shape index (κ1) is 29.2. The highest BCUT2D eigenvalue weighted by atomic mass is 127. The van der Waals surface area contributed by atoms with Crippen molar-refractivity contribution < 1.29 is 28.9 Å². The fourth-order valence-electron chi connectivity index (χ4n) is 3.53. The van der Waals surface area contributed by atoms with Crippen LogP contribution in [-0.2, 0) is 14.3 Å². The van der Waals surface area contributed by atoms with Gasteiger partial charge in [0.2, 0.25) is 0 Å². The number of carboxylic acids is 1. The lowest BCUT2D eigenvalue weighted by atomic mass is 10.3. The number of halogens is 1. The molecule has 5 heterocycles.